The molecule has 1 aliphatic heterocycles. The highest BCUT2D eigenvalue weighted by Crippen LogP contribution is 2.29. The Morgan fingerprint density at radius 3 is 2.58 bits per heavy atom. The first-order valence-electron chi connectivity index (χ1n) is 10.2. The maximum atomic E-state index is 13.1. The van der Waals surface area contributed by atoms with Crippen molar-refractivity contribution in [2.24, 2.45) is 0 Å². The van der Waals surface area contributed by atoms with E-state index in [1.54, 1.807) is 48.2 Å². The lowest BCUT2D eigenvalue weighted by Gasteiger charge is -2.22. The Bertz CT molecular complexity index is 1080. The second-order valence-corrected chi connectivity index (χ2v) is 7.54. The van der Waals surface area contributed by atoms with E-state index in [2.05, 4.69) is 5.32 Å². The summed E-state index contributed by atoms with van der Waals surface area (Å²) in [5.74, 6) is 0.0411. The number of nitrogens with zero attached hydrogens (tertiary/aromatic N) is 1. The van der Waals surface area contributed by atoms with Gasteiger partial charge in [0.05, 0.1) is 0 Å². The molecule has 2 amide bonds. The smallest absolute Gasteiger partial charge is 0.263 e. The summed E-state index contributed by atoms with van der Waals surface area (Å²) in [7, 11) is 0. The van der Waals surface area contributed by atoms with Crippen LogP contribution in [0.5, 0.6) is 5.75 Å². The summed E-state index contributed by atoms with van der Waals surface area (Å²) in [5.41, 5.74) is 2.98. The van der Waals surface area contributed by atoms with Gasteiger partial charge in [0.25, 0.3) is 11.8 Å². The summed E-state index contributed by atoms with van der Waals surface area (Å²) in [5, 5.41) is 2.90. The fraction of sp³-hybridized carbons (Fsp3) is 0.200. The third-order valence-corrected chi connectivity index (χ3v) is 5.26. The highest BCUT2D eigenvalue weighted by molar-refractivity contribution is 6.04. The van der Waals surface area contributed by atoms with E-state index in [0.717, 1.165) is 11.1 Å². The Hall–Kier alpha value is -3.67. The molecule has 0 saturated carbocycles. The standard InChI is InChI=1S/C25H23FN2O3/c1-17-25(30)28(14-13-18-7-9-21(26)10-8-18)16-20-15-22(11-12-23(20)31-17)27-24(29)19-5-3-2-4-6-19/h2-12,15,17H,13-14,16H2,1H3,(H,27,29). The maximum Gasteiger partial charge on any atom is 0.263 e. The number of benzene rings is 3. The van der Waals surface area contributed by atoms with Gasteiger partial charge in [-0.05, 0) is 61.4 Å². The van der Waals surface area contributed by atoms with Gasteiger partial charge in [0, 0.05) is 29.9 Å². The zero-order valence-corrected chi connectivity index (χ0v) is 17.2. The predicted molar refractivity (Wildman–Crippen MR) is 116 cm³/mol. The molecular weight excluding hydrogens is 395 g/mol. The third-order valence-electron chi connectivity index (χ3n) is 5.26. The average molecular weight is 418 g/mol. The lowest BCUT2D eigenvalue weighted by Crippen LogP contribution is -2.39. The Kier molecular flexibility index (Phi) is 5.98. The van der Waals surface area contributed by atoms with Crippen LogP contribution in [0.3, 0.4) is 0 Å². The molecule has 1 unspecified atom stereocenters. The number of carbonyl (C=O) groups excluding carboxylic acids is 2. The highest BCUT2D eigenvalue weighted by atomic mass is 19.1. The Morgan fingerprint density at radius 1 is 1.10 bits per heavy atom. The van der Waals surface area contributed by atoms with Gasteiger partial charge in [-0.15, -0.1) is 0 Å². The van der Waals surface area contributed by atoms with Gasteiger partial charge in [-0.1, -0.05) is 30.3 Å². The monoisotopic (exact) mass is 418 g/mol. The van der Waals surface area contributed by atoms with Crippen LogP contribution in [0.1, 0.15) is 28.4 Å². The zero-order chi connectivity index (χ0) is 21.8. The van der Waals surface area contributed by atoms with E-state index in [9.17, 15) is 14.0 Å². The van der Waals surface area contributed by atoms with Crippen LogP contribution in [0, 0.1) is 5.82 Å². The molecule has 0 spiro atoms. The normalized spacial score (nSPS) is 15.6. The van der Waals surface area contributed by atoms with Crippen molar-refractivity contribution in [2.75, 3.05) is 11.9 Å². The van der Waals surface area contributed by atoms with Gasteiger partial charge < -0.3 is 15.0 Å². The molecule has 0 fully saturated rings. The van der Waals surface area contributed by atoms with Gasteiger partial charge in [0.15, 0.2) is 6.10 Å². The molecule has 1 heterocycles. The molecule has 31 heavy (non-hydrogen) atoms. The number of nitrogens with one attached hydrogen (secondary N) is 1. The summed E-state index contributed by atoms with van der Waals surface area (Å²) in [6, 6.07) is 20.7. The van der Waals surface area contributed by atoms with Crippen molar-refractivity contribution in [3.63, 3.8) is 0 Å². The zero-order valence-electron chi connectivity index (χ0n) is 17.2. The summed E-state index contributed by atoms with van der Waals surface area (Å²) >= 11 is 0. The average Bonchev–Trinajstić information content (AvgIpc) is 2.90. The number of hydrogen-bond donors (Lipinski definition) is 1. The summed E-state index contributed by atoms with van der Waals surface area (Å²) in [6.45, 7) is 2.58. The molecule has 1 atom stereocenters. The van der Waals surface area contributed by atoms with Crippen molar-refractivity contribution in [2.45, 2.75) is 26.0 Å². The molecule has 1 aliphatic rings. The topological polar surface area (TPSA) is 58.6 Å². The number of anilines is 1. The Morgan fingerprint density at radius 2 is 1.84 bits per heavy atom. The minimum atomic E-state index is -0.612. The SMILES string of the molecule is CC1Oc2ccc(NC(=O)c3ccccc3)cc2CN(CCc2ccc(F)cc2)C1=O. The number of amides is 2. The lowest BCUT2D eigenvalue weighted by molar-refractivity contribution is -0.137. The van der Waals surface area contributed by atoms with E-state index in [4.69, 9.17) is 4.74 Å². The number of rotatable bonds is 5. The van der Waals surface area contributed by atoms with Gasteiger partial charge in [-0.2, -0.15) is 0 Å². The van der Waals surface area contributed by atoms with Gasteiger partial charge in [0.1, 0.15) is 11.6 Å². The van der Waals surface area contributed by atoms with E-state index in [0.29, 0.717) is 36.5 Å². The second kappa shape index (κ2) is 9.00. The predicted octanol–water partition coefficient (Wildman–Crippen LogP) is 4.43. The summed E-state index contributed by atoms with van der Waals surface area (Å²) in [6.07, 6.45) is -0.00220. The van der Waals surface area contributed by atoms with Crippen LogP contribution in [0.2, 0.25) is 0 Å². The molecule has 0 bridgehead atoms. The molecule has 158 valence electrons. The third kappa shape index (κ3) is 4.91. The minimum absolute atomic E-state index is 0.104. The lowest BCUT2D eigenvalue weighted by atomic mass is 10.1. The maximum absolute atomic E-state index is 13.1. The molecule has 1 N–H and O–H groups in total. The first-order valence-corrected chi connectivity index (χ1v) is 10.2. The second-order valence-electron chi connectivity index (χ2n) is 7.54. The van der Waals surface area contributed by atoms with Crippen LogP contribution >= 0.6 is 0 Å². The molecule has 0 radical (unpaired) electrons. The Labute approximate surface area is 180 Å². The molecule has 3 aromatic carbocycles. The van der Waals surface area contributed by atoms with E-state index >= 15 is 0 Å². The van der Waals surface area contributed by atoms with Crippen molar-refractivity contribution in [3.05, 3.63) is 95.3 Å². The van der Waals surface area contributed by atoms with Crippen LogP contribution in [0.15, 0.2) is 72.8 Å². The van der Waals surface area contributed by atoms with E-state index in [1.807, 2.05) is 24.3 Å². The van der Waals surface area contributed by atoms with Gasteiger partial charge in [0.2, 0.25) is 0 Å². The number of fused-ring (bicyclic) bond motifs is 1. The molecular formula is C25H23FN2O3. The summed E-state index contributed by atoms with van der Waals surface area (Å²) in [4.78, 5) is 27.0. The van der Waals surface area contributed by atoms with Gasteiger partial charge in [-0.3, -0.25) is 9.59 Å². The first kappa shape index (κ1) is 20.6. The highest BCUT2D eigenvalue weighted by Gasteiger charge is 2.27. The molecule has 0 aromatic heterocycles. The van der Waals surface area contributed by atoms with Crippen molar-refractivity contribution in [3.8, 4) is 5.75 Å². The van der Waals surface area contributed by atoms with Crippen molar-refractivity contribution in [1.29, 1.82) is 0 Å². The van der Waals surface area contributed by atoms with E-state index in [1.165, 1.54) is 12.1 Å². The van der Waals surface area contributed by atoms with Crippen LogP contribution in [0.4, 0.5) is 10.1 Å². The molecule has 3 aromatic rings. The number of ether oxygens (including phenoxy) is 1. The number of hydrogen-bond acceptors (Lipinski definition) is 3. The minimum Gasteiger partial charge on any atom is -0.481 e. The van der Waals surface area contributed by atoms with Crippen molar-refractivity contribution in [1.82, 2.24) is 4.90 Å². The molecule has 5 nitrogen and oxygen atoms in total. The fourth-order valence-electron chi connectivity index (χ4n) is 3.57. The largest absolute Gasteiger partial charge is 0.481 e. The first-order chi connectivity index (χ1) is 15.0. The van der Waals surface area contributed by atoms with Crippen LogP contribution < -0.4 is 10.1 Å². The molecule has 6 heteroatoms. The van der Waals surface area contributed by atoms with E-state index < -0.39 is 6.10 Å². The van der Waals surface area contributed by atoms with Crippen molar-refractivity contribution < 1.29 is 18.7 Å². The quantitative estimate of drug-likeness (QED) is 0.667. The number of halogens is 1. The van der Waals surface area contributed by atoms with Crippen LogP contribution in [-0.2, 0) is 17.8 Å². The van der Waals surface area contributed by atoms with Gasteiger partial charge >= 0.3 is 0 Å². The van der Waals surface area contributed by atoms with Gasteiger partial charge in [-0.25, -0.2) is 4.39 Å². The molecule has 4 rings (SSSR count). The fourth-order valence-corrected chi connectivity index (χ4v) is 3.57. The number of carbonyl (C=O) groups is 2. The van der Waals surface area contributed by atoms with Crippen LogP contribution in [0.25, 0.3) is 0 Å². The van der Waals surface area contributed by atoms with Crippen molar-refractivity contribution >= 4 is 17.5 Å². The molecule has 0 saturated heterocycles. The van der Waals surface area contributed by atoms with E-state index in [-0.39, 0.29) is 17.6 Å². The Balaban J connectivity index is 1.50. The van der Waals surface area contributed by atoms with Crippen LogP contribution in [-0.4, -0.2) is 29.4 Å². The summed E-state index contributed by atoms with van der Waals surface area (Å²) < 4.78 is 19.0. The molecule has 0 aliphatic carbocycles.